The Balaban J connectivity index is 2.11. The smallest absolute Gasteiger partial charge is 0.321 e. The van der Waals surface area contributed by atoms with Gasteiger partial charge in [0.25, 0.3) is 0 Å². The Morgan fingerprint density at radius 1 is 0.963 bits per heavy atom. The van der Waals surface area contributed by atoms with Crippen molar-refractivity contribution in [1.82, 2.24) is 5.32 Å². The first-order valence-electron chi connectivity index (χ1n) is 8.93. The molecule has 0 fully saturated rings. The zero-order valence-corrected chi connectivity index (χ0v) is 15.9. The maximum Gasteiger partial charge on any atom is 0.321 e. The fraction of sp³-hybridized carbons (Fsp3) is 0.333. The number of halogens is 1. The van der Waals surface area contributed by atoms with Crippen LogP contribution in [0.1, 0.15) is 36.5 Å². The minimum Gasteiger partial charge on any atom is -0.480 e. The maximum atomic E-state index is 11.6. The second-order valence-corrected chi connectivity index (χ2v) is 7.00. The first-order chi connectivity index (χ1) is 12.9. The second kappa shape index (κ2) is 10.1. The van der Waals surface area contributed by atoms with E-state index in [9.17, 15) is 19.8 Å². The van der Waals surface area contributed by atoms with Crippen LogP contribution in [0.25, 0.3) is 0 Å². The number of rotatable bonds is 10. The number of aliphatic carboxylic acids is 2. The molecule has 0 aliphatic rings. The number of nitrogens with one attached hydrogen (secondary N) is 1. The van der Waals surface area contributed by atoms with Gasteiger partial charge in [0, 0.05) is 5.02 Å². The number of carboxylic acid groups (broad SMARTS) is 2. The lowest BCUT2D eigenvalue weighted by atomic mass is 9.99. The molecule has 5 nitrogen and oxygen atoms in total. The van der Waals surface area contributed by atoms with Crippen molar-refractivity contribution in [2.45, 2.75) is 44.7 Å². The van der Waals surface area contributed by atoms with E-state index >= 15 is 0 Å². The predicted octanol–water partition coefficient (Wildman–Crippen LogP) is 3.77. The molecule has 0 saturated carbocycles. The lowest BCUT2D eigenvalue weighted by Gasteiger charge is -2.20. The first-order valence-corrected chi connectivity index (χ1v) is 9.30. The molecule has 0 aromatic heterocycles. The minimum absolute atomic E-state index is 0.214. The van der Waals surface area contributed by atoms with Crippen LogP contribution in [0.15, 0.2) is 48.5 Å². The minimum atomic E-state index is -1.06. The lowest BCUT2D eigenvalue weighted by molar-refractivity contribution is -0.142. The third kappa shape index (κ3) is 6.70. The molecule has 2 rings (SSSR count). The molecule has 144 valence electrons. The predicted molar refractivity (Wildman–Crippen MR) is 105 cm³/mol. The van der Waals surface area contributed by atoms with Crippen LogP contribution in [0.3, 0.4) is 0 Å². The summed E-state index contributed by atoms with van der Waals surface area (Å²) in [6.45, 7) is 1.87. The van der Waals surface area contributed by atoms with E-state index in [2.05, 4.69) is 5.32 Å². The normalized spacial score (nSPS) is 13.1. The van der Waals surface area contributed by atoms with Crippen LogP contribution < -0.4 is 5.32 Å². The highest BCUT2D eigenvalue weighted by Gasteiger charge is 2.25. The van der Waals surface area contributed by atoms with Crippen molar-refractivity contribution in [3.05, 3.63) is 70.2 Å². The van der Waals surface area contributed by atoms with Crippen molar-refractivity contribution in [3.63, 3.8) is 0 Å². The zero-order chi connectivity index (χ0) is 19.8. The molecule has 2 aromatic carbocycles. The quantitative estimate of drug-likeness (QED) is 0.575. The lowest BCUT2D eigenvalue weighted by Crippen LogP contribution is -2.48. The number of carbonyl (C=O) groups is 2. The van der Waals surface area contributed by atoms with Gasteiger partial charge in [0.05, 0.1) is 0 Å². The van der Waals surface area contributed by atoms with Crippen molar-refractivity contribution in [2.75, 3.05) is 0 Å². The van der Waals surface area contributed by atoms with Gasteiger partial charge >= 0.3 is 11.9 Å². The van der Waals surface area contributed by atoms with E-state index < -0.39 is 24.0 Å². The van der Waals surface area contributed by atoms with Crippen LogP contribution >= 0.6 is 11.6 Å². The molecule has 0 radical (unpaired) electrons. The molecule has 6 heteroatoms. The third-order valence-electron chi connectivity index (χ3n) is 4.30. The largest absolute Gasteiger partial charge is 0.480 e. The van der Waals surface area contributed by atoms with Crippen LogP contribution in [0.2, 0.25) is 5.02 Å². The summed E-state index contributed by atoms with van der Waals surface area (Å²) in [7, 11) is 0. The Morgan fingerprint density at radius 3 is 2.15 bits per heavy atom. The fourth-order valence-electron chi connectivity index (χ4n) is 3.01. The van der Waals surface area contributed by atoms with Gasteiger partial charge in [-0.25, -0.2) is 0 Å². The van der Waals surface area contributed by atoms with E-state index in [1.54, 1.807) is 0 Å². The van der Waals surface area contributed by atoms with Gasteiger partial charge < -0.3 is 10.2 Å². The van der Waals surface area contributed by atoms with Gasteiger partial charge in [-0.05, 0) is 48.1 Å². The van der Waals surface area contributed by atoms with E-state index in [1.807, 2.05) is 55.5 Å². The van der Waals surface area contributed by atoms with Crippen LogP contribution in [-0.4, -0.2) is 34.2 Å². The summed E-state index contributed by atoms with van der Waals surface area (Å²) in [6.07, 6.45) is 1.94. The SMILES string of the molecule is CCC[C@H](NC(Cc1cccc(Cc2cccc(Cl)c2)c1)C(=O)O)C(=O)O. The standard InChI is InChI=1S/C21H24ClNO4/c1-2-5-18(20(24)25)23-19(21(26)27)13-16-7-3-6-14(11-16)10-15-8-4-9-17(22)12-15/h3-4,6-9,11-12,18-19,23H,2,5,10,13H2,1H3,(H,24,25)(H,26,27)/t18-,19?/m0/s1. The monoisotopic (exact) mass is 389 g/mol. The Bertz CT molecular complexity index is 793. The Hall–Kier alpha value is -2.37. The molecule has 3 N–H and O–H groups in total. The topological polar surface area (TPSA) is 86.6 Å². The Labute approximate surface area is 164 Å². The van der Waals surface area contributed by atoms with Crippen LogP contribution in [-0.2, 0) is 22.4 Å². The molecule has 0 saturated heterocycles. The van der Waals surface area contributed by atoms with Gasteiger partial charge in [-0.15, -0.1) is 0 Å². The number of benzene rings is 2. The third-order valence-corrected chi connectivity index (χ3v) is 4.54. The zero-order valence-electron chi connectivity index (χ0n) is 15.2. The number of hydrogen-bond donors (Lipinski definition) is 3. The summed E-state index contributed by atoms with van der Waals surface area (Å²) in [6, 6.07) is 13.4. The highest BCUT2D eigenvalue weighted by atomic mass is 35.5. The van der Waals surface area contributed by atoms with Crippen molar-refractivity contribution < 1.29 is 19.8 Å². The van der Waals surface area contributed by atoms with E-state index in [0.717, 1.165) is 16.7 Å². The van der Waals surface area contributed by atoms with Gasteiger partial charge in [-0.1, -0.05) is 61.3 Å². The molecule has 2 aromatic rings. The maximum absolute atomic E-state index is 11.6. The molecule has 0 heterocycles. The second-order valence-electron chi connectivity index (χ2n) is 6.57. The van der Waals surface area contributed by atoms with Gasteiger partial charge in [-0.2, -0.15) is 0 Å². The fourth-order valence-corrected chi connectivity index (χ4v) is 3.22. The molecule has 1 unspecified atom stereocenters. The van der Waals surface area contributed by atoms with Gasteiger partial charge in [0.2, 0.25) is 0 Å². The molecule has 27 heavy (non-hydrogen) atoms. The molecule has 0 amide bonds. The molecular formula is C21H24ClNO4. The van der Waals surface area contributed by atoms with Crippen LogP contribution in [0.5, 0.6) is 0 Å². The van der Waals surface area contributed by atoms with Crippen molar-refractivity contribution in [3.8, 4) is 0 Å². The number of carboxylic acids is 2. The highest BCUT2D eigenvalue weighted by Crippen LogP contribution is 2.16. The number of hydrogen-bond acceptors (Lipinski definition) is 3. The summed E-state index contributed by atoms with van der Waals surface area (Å²) in [4.78, 5) is 22.9. The molecule has 0 bridgehead atoms. The molecule has 0 aliphatic carbocycles. The Morgan fingerprint density at radius 2 is 1.56 bits per heavy atom. The summed E-state index contributed by atoms with van der Waals surface area (Å²) in [5.41, 5.74) is 2.96. The van der Waals surface area contributed by atoms with Gasteiger partial charge in [-0.3, -0.25) is 14.9 Å². The Kier molecular flexibility index (Phi) is 7.82. The summed E-state index contributed by atoms with van der Waals surface area (Å²) < 4.78 is 0. The van der Waals surface area contributed by atoms with E-state index in [1.165, 1.54) is 0 Å². The molecule has 0 aliphatic heterocycles. The summed E-state index contributed by atoms with van der Waals surface area (Å²) in [5.74, 6) is -2.09. The van der Waals surface area contributed by atoms with Gasteiger partial charge in [0.15, 0.2) is 0 Å². The van der Waals surface area contributed by atoms with Crippen molar-refractivity contribution in [1.29, 1.82) is 0 Å². The van der Waals surface area contributed by atoms with E-state index in [-0.39, 0.29) is 6.42 Å². The first kappa shape index (κ1) is 20.9. The summed E-state index contributed by atoms with van der Waals surface area (Å²) in [5, 5.41) is 22.2. The van der Waals surface area contributed by atoms with Crippen molar-refractivity contribution >= 4 is 23.5 Å². The van der Waals surface area contributed by atoms with Crippen LogP contribution in [0.4, 0.5) is 0 Å². The molecular weight excluding hydrogens is 366 g/mol. The highest BCUT2D eigenvalue weighted by molar-refractivity contribution is 6.30. The average Bonchev–Trinajstić information content (AvgIpc) is 2.60. The van der Waals surface area contributed by atoms with E-state index in [4.69, 9.17) is 11.6 Å². The van der Waals surface area contributed by atoms with Crippen molar-refractivity contribution in [2.24, 2.45) is 0 Å². The molecule has 0 spiro atoms. The average molecular weight is 390 g/mol. The summed E-state index contributed by atoms with van der Waals surface area (Å²) >= 11 is 6.02. The van der Waals surface area contributed by atoms with Crippen LogP contribution in [0, 0.1) is 0 Å². The molecule has 2 atom stereocenters. The van der Waals surface area contributed by atoms with Gasteiger partial charge in [0.1, 0.15) is 12.1 Å². The van der Waals surface area contributed by atoms with E-state index in [0.29, 0.717) is 24.3 Å².